The Morgan fingerprint density at radius 1 is 1.12 bits per heavy atom. The predicted molar refractivity (Wildman–Crippen MR) is 65.9 cm³/mol. The minimum atomic E-state index is -0.543. The molecule has 0 radical (unpaired) electrons. The van der Waals surface area contributed by atoms with E-state index in [9.17, 15) is 9.59 Å². The summed E-state index contributed by atoms with van der Waals surface area (Å²) in [6, 6.07) is 7.27. The number of aryl methyl sites for hydroxylation is 1. The van der Waals surface area contributed by atoms with E-state index in [1.165, 1.54) is 9.13 Å². The summed E-state index contributed by atoms with van der Waals surface area (Å²) in [5, 5.41) is 0. The summed E-state index contributed by atoms with van der Waals surface area (Å²) in [6.07, 6.45) is 3.14. The second-order valence-corrected chi connectivity index (χ2v) is 3.85. The van der Waals surface area contributed by atoms with Crippen LogP contribution in [0.15, 0.2) is 46.2 Å². The maximum atomic E-state index is 11.7. The van der Waals surface area contributed by atoms with Crippen LogP contribution < -0.4 is 16.9 Å². The fraction of sp³-hybridized carbons (Fsp3) is 0.167. The highest BCUT2D eigenvalue weighted by atomic mass is 16.2. The van der Waals surface area contributed by atoms with Gasteiger partial charge in [0.25, 0.3) is 0 Å². The lowest BCUT2D eigenvalue weighted by Crippen LogP contribution is -2.39. The molecule has 0 saturated carbocycles. The van der Waals surface area contributed by atoms with Crippen molar-refractivity contribution in [2.24, 2.45) is 7.05 Å². The van der Waals surface area contributed by atoms with Crippen molar-refractivity contribution in [2.45, 2.75) is 6.54 Å². The monoisotopic (exact) mass is 231 g/mol. The van der Waals surface area contributed by atoms with Crippen molar-refractivity contribution in [3.05, 3.63) is 62.9 Å². The van der Waals surface area contributed by atoms with E-state index in [2.05, 4.69) is 0 Å². The molecule has 2 N–H and O–H groups in total. The largest absolute Gasteiger partial charge is 0.398 e. The summed E-state index contributed by atoms with van der Waals surface area (Å²) < 4.78 is 2.61. The number of rotatable bonds is 2. The highest BCUT2D eigenvalue weighted by Crippen LogP contribution is 2.10. The maximum Gasteiger partial charge on any atom is 0.316 e. The molecule has 5 heteroatoms. The van der Waals surface area contributed by atoms with Gasteiger partial charge in [-0.05, 0) is 11.6 Å². The summed E-state index contributed by atoms with van der Waals surface area (Å²) in [7, 11) is 1.55. The Labute approximate surface area is 97.7 Å². The number of nitrogens with two attached hydrogens (primary N) is 1. The van der Waals surface area contributed by atoms with Crippen molar-refractivity contribution in [3.8, 4) is 0 Å². The molecule has 1 aromatic heterocycles. The van der Waals surface area contributed by atoms with Gasteiger partial charge in [0.05, 0.1) is 6.54 Å². The first-order valence-electron chi connectivity index (χ1n) is 5.19. The Hall–Kier alpha value is -2.30. The molecule has 0 aliphatic carbocycles. The summed E-state index contributed by atoms with van der Waals surface area (Å²) >= 11 is 0. The normalized spacial score (nSPS) is 10.4. The van der Waals surface area contributed by atoms with Crippen molar-refractivity contribution in [1.82, 2.24) is 9.13 Å². The number of anilines is 1. The van der Waals surface area contributed by atoms with Crippen LogP contribution in [-0.2, 0) is 13.6 Å². The van der Waals surface area contributed by atoms with Gasteiger partial charge >= 0.3 is 11.1 Å². The number of benzene rings is 1. The van der Waals surface area contributed by atoms with Crippen LogP contribution in [0.5, 0.6) is 0 Å². The van der Waals surface area contributed by atoms with Crippen LogP contribution in [0.25, 0.3) is 0 Å². The summed E-state index contributed by atoms with van der Waals surface area (Å²) in [6.45, 7) is 0.307. The van der Waals surface area contributed by atoms with Crippen molar-refractivity contribution in [1.29, 1.82) is 0 Å². The van der Waals surface area contributed by atoms with Crippen LogP contribution in [0.3, 0.4) is 0 Å². The molecule has 0 spiro atoms. The van der Waals surface area contributed by atoms with Gasteiger partial charge < -0.3 is 14.9 Å². The molecule has 0 amide bonds. The van der Waals surface area contributed by atoms with Crippen molar-refractivity contribution >= 4 is 5.69 Å². The van der Waals surface area contributed by atoms with E-state index in [0.29, 0.717) is 12.2 Å². The smallest absolute Gasteiger partial charge is 0.316 e. The second kappa shape index (κ2) is 4.29. The third kappa shape index (κ3) is 2.13. The number of hydrogen-bond acceptors (Lipinski definition) is 3. The zero-order valence-corrected chi connectivity index (χ0v) is 9.46. The number of nitrogens with zero attached hydrogens (tertiary/aromatic N) is 2. The van der Waals surface area contributed by atoms with E-state index in [1.54, 1.807) is 25.5 Å². The number of aromatic nitrogens is 2. The van der Waals surface area contributed by atoms with E-state index in [0.717, 1.165) is 5.56 Å². The van der Waals surface area contributed by atoms with Gasteiger partial charge in [-0.25, -0.2) is 0 Å². The van der Waals surface area contributed by atoms with Crippen molar-refractivity contribution in [3.63, 3.8) is 0 Å². The number of nitrogen functional groups attached to an aromatic ring is 1. The molecule has 0 aliphatic rings. The molecule has 2 aromatic rings. The molecular formula is C12H13N3O2. The first kappa shape index (κ1) is 11.2. The molecule has 0 aliphatic heterocycles. The number of para-hydroxylation sites is 1. The molecule has 88 valence electrons. The highest BCUT2D eigenvalue weighted by Gasteiger charge is 2.04. The van der Waals surface area contributed by atoms with Gasteiger partial charge in [0.1, 0.15) is 0 Å². The van der Waals surface area contributed by atoms with Crippen LogP contribution in [-0.4, -0.2) is 9.13 Å². The fourth-order valence-electron chi connectivity index (χ4n) is 1.58. The second-order valence-electron chi connectivity index (χ2n) is 3.85. The van der Waals surface area contributed by atoms with E-state index >= 15 is 0 Å². The lowest BCUT2D eigenvalue weighted by molar-refractivity contribution is 0.696. The Balaban J connectivity index is 2.45. The predicted octanol–water partition coefficient (Wildman–Crippen LogP) is 0.177. The minimum Gasteiger partial charge on any atom is -0.398 e. The lowest BCUT2D eigenvalue weighted by Gasteiger charge is -2.08. The topological polar surface area (TPSA) is 70.0 Å². The maximum absolute atomic E-state index is 11.7. The van der Waals surface area contributed by atoms with Crippen molar-refractivity contribution < 1.29 is 0 Å². The molecule has 0 saturated heterocycles. The van der Waals surface area contributed by atoms with Gasteiger partial charge in [0.2, 0.25) is 0 Å². The van der Waals surface area contributed by atoms with E-state index < -0.39 is 11.1 Å². The van der Waals surface area contributed by atoms with E-state index in [1.807, 2.05) is 18.2 Å². The van der Waals surface area contributed by atoms with Gasteiger partial charge in [-0.1, -0.05) is 18.2 Å². The van der Waals surface area contributed by atoms with Crippen molar-refractivity contribution in [2.75, 3.05) is 5.73 Å². The third-order valence-corrected chi connectivity index (χ3v) is 2.63. The molecule has 0 unspecified atom stereocenters. The Morgan fingerprint density at radius 2 is 1.82 bits per heavy atom. The average Bonchev–Trinajstić information content (AvgIpc) is 2.32. The highest BCUT2D eigenvalue weighted by molar-refractivity contribution is 5.46. The zero-order chi connectivity index (χ0) is 12.4. The minimum absolute atomic E-state index is 0.307. The first-order chi connectivity index (χ1) is 8.09. The van der Waals surface area contributed by atoms with Crippen LogP contribution in [0.2, 0.25) is 0 Å². The van der Waals surface area contributed by atoms with E-state index in [-0.39, 0.29) is 0 Å². The Bertz CT molecular complexity index is 655. The number of hydrogen-bond donors (Lipinski definition) is 1. The van der Waals surface area contributed by atoms with Crippen LogP contribution in [0.4, 0.5) is 5.69 Å². The molecule has 0 fully saturated rings. The van der Waals surface area contributed by atoms with Gasteiger partial charge in [-0.2, -0.15) is 0 Å². The molecule has 2 rings (SSSR count). The molecule has 0 atom stereocenters. The lowest BCUT2D eigenvalue weighted by atomic mass is 10.2. The van der Waals surface area contributed by atoms with Gasteiger partial charge in [0, 0.05) is 25.1 Å². The molecule has 17 heavy (non-hydrogen) atoms. The van der Waals surface area contributed by atoms with Crippen LogP contribution in [0, 0.1) is 0 Å². The molecular weight excluding hydrogens is 218 g/mol. The average molecular weight is 231 g/mol. The Morgan fingerprint density at radius 3 is 2.53 bits per heavy atom. The standard InChI is InChI=1S/C12H13N3O2/c1-14-6-7-15(12(17)11(14)16)8-9-4-2-3-5-10(9)13/h2-7H,8,13H2,1H3. The molecule has 1 heterocycles. The molecule has 5 nitrogen and oxygen atoms in total. The van der Waals surface area contributed by atoms with Gasteiger partial charge in [-0.15, -0.1) is 0 Å². The molecule has 1 aromatic carbocycles. The van der Waals surface area contributed by atoms with Crippen LogP contribution >= 0.6 is 0 Å². The quantitative estimate of drug-likeness (QED) is 0.592. The fourth-order valence-corrected chi connectivity index (χ4v) is 1.58. The molecule has 0 bridgehead atoms. The zero-order valence-electron chi connectivity index (χ0n) is 9.46. The van der Waals surface area contributed by atoms with E-state index in [4.69, 9.17) is 5.73 Å². The third-order valence-electron chi connectivity index (χ3n) is 2.63. The van der Waals surface area contributed by atoms with Gasteiger partial charge in [-0.3, -0.25) is 9.59 Å². The first-order valence-corrected chi connectivity index (χ1v) is 5.19. The van der Waals surface area contributed by atoms with Gasteiger partial charge in [0.15, 0.2) is 0 Å². The SMILES string of the molecule is Cn1ccn(Cc2ccccc2N)c(=O)c1=O. The summed E-state index contributed by atoms with van der Waals surface area (Å²) in [5.41, 5.74) is 6.14. The summed E-state index contributed by atoms with van der Waals surface area (Å²) in [4.78, 5) is 23.2. The van der Waals surface area contributed by atoms with Crippen LogP contribution in [0.1, 0.15) is 5.56 Å². The Kier molecular flexibility index (Phi) is 2.82. The summed E-state index contributed by atoms with van der Waals surface area (Å²) in [5.74, 6) is 0.